The molecule has 2 aromatic carbocycles. The molecule has 1 N–H and O–H groups in total. The molecule has 2 aliphatic rings. The Hall–Kier alpha value is -3.30. The van der Waals surface area contributed by atoms with Crippen molar-refractivity contribution in [1.29, 1.82) is 0 Å². The first-order chi connectivity index (χ1) is 17.8. The van der Waals surface area contributed by atoms with E-state index >= 15 is 0 Å². The van der Waals surface area contributed by atoms with Crippen molar-refractivity contribution < 1.29 is 23.9 Å². The van der Waals surface area contributed by atoms with Gasteiger partial charge in [-0.3, -0.25) is 9.59 Å². The van der Waals surface area contributed by atoms with Crippen LogP contribution in [0.25, 0.3) is 0 Å². The highest BCUT2D eigenvalue weighted by Crippen LogP contribution is 2.31. The van der Waals surface area contributed by atoms with Crippen LogP contribution in [0.1, 0.15) is 36.7 Å². The van der Waals surface area contributed by atoms with Crippen LogP contribution in [0.15, 0.2) is 42.5 Å². The summed E-state index contributed by atoms with van der Waals surface area (Å²) >= 11 is 6.46. The summed E-state index contributed by atoms with van der Waals surface area (Å²) in [5, 5.41) is 3.08. The fourth-order valence-corrected chi connectivity index (χ4v) is 4.95. The molecule has 0 spiro atoms. The Kier molecular flexibility index (Phi) is 8.56. The molecule has 9 nitrogen and oxygen atoms in total. The number of carbonyl (C=O) groups is 3. The number of morpholine rings is 1. The summed E-state index contributed by atoms with van der Waals surface area (Å²) < 4.78 is 10.9. The SMILES string of the molecule is CCOc1ccc(C(=O)N2C[C@@H](C)N(C(=O)NCC(=O)N3CCOC[C@H]3C)Cc3ccccc32)c(Cl)c1. The van der Waals surface area contributed by atoms with Crippen LogP contribution >= 0.6 is 11.6 Å². The number of hydrogen-bond acceptors (Lipinski definition) is 5. The lowest BCUT2D eigenvalue weighted by atomic mass is 10.1. The third-order valence-electron chi connectivity index (χ3n) is 6.67. The molecule has 4 amide bonds. The van der Waals surface area contributed by atoms with Crippen LogP contribution in [0.5, 0.6) is 5.75 Å². The molecule has 1 fully saturated rings. The standard InChI is InChI=1S/C27H33ClN4O5/c1-4-37-21-9-10-22(23(28)13-21)26(34)32-15-18(2)31(16-20-7-5-6-8-24(20)32)27(35)29-14-25(33)30-11-12-36-17-19(30)3/h5-10,13,18-19H,4,11-12,14-17H2,1-3H3,(H,29,35)/t18-,19-/m1/s1. The molecule has 0 bridgehead atoms. The maximum atomic E-state index is 13.7. The summed E-state index contributed by atoms with van der Waals surface area (Å²) in [4.78, 5) is 44.6. The van der Waals surface area contributed by atoms with Crippen molar-refractivity contribution in [2.24, 2.45) is 0 Å². The number of nitrogens with one attached hydrogen (secondary N) is 1. The molecule has 10 heteroatoms. The third-order valence-corrected chi connectivity index (χ3v) is 6.98. The van der Waals surface area contributed by atoms with Gasteiger partial charge in [0.05, 0.1) is 43.0 Å². The number of rotatable bonds is 5. The molecule has 0 aromatic heterocycles. The van der Waals surface area contributed by atoms with Gasteiger partial charge < -0.3 is 29.5 Å². The minimum Gasteiger partial charge on any atom is -0.494 e. The average Bonchev–Trinajstić information content (AvgIpc) is 3.04. The molecular weight excluding hydrogens is 496 g/mol. The highest BCUT2D eigenvalue weighted by Gasteiger charge is 2.33. The molecule has 2 heterocycles. The number of benzene rings is 2. The zero-order valence-electron chi connectivity index (χ0n) is 21.4. The second-order valence-electron chi connectivity index (χ2n) is 9.27. The topological polar surface area (TPSA) is 91.4 Å². The first kappa shape index (κ1) is 26.8. The Morgan fingerprint density at radius 3 is 2.62 bits per heavy atom. The summed E-state index contributed by atoms with van der Waals surface area (Å²) in [6, 6.07) is 11.8. The minimum absolute atomic E-state index is 0.0314. The highest BCUT2D eigenvalue weighted by molar-refractivity contribution is 6.34. The van der Waals surface area contributed by atoms with Gasteiger partial charge in [-0.25, -0.2) is 4.79 Å². The van der Waals surface area contributed by atoms with Crippen molar-refractivity contribution in [2.45, 2.75) is 39.4 Å². The maximum absolute atomic E-state index is 13.7. The van der Waals surface area contributed by atoms with Gasteiger partial charge in [-0.1, -0.05) is 29.8 Å². The molecule has 0 unspecified atom stereocenters. The molecule has 0 saturated carbocycles. The fraction of sp³-hybridized carbons (Fsp3) is 0.444. The quantitative estimate of drug-likeness (QED) is 0.641. The maximum Gasteiger partial charge on any atom is 0.318 e. The number of ether oxygens (including phenoxy) is 2. The zero-order chi connectivity index (χ0) is 26.5. The van der Waals surface area contributed by atoms with Gasteiger partial charge in [0.25, 0.3) is 5.91 Å². The van der Waals surface area contributed by atoms with E-state index in [9.17, 15) is 14.4 Å². The van der Waals surface area contributed by atoms with Crippen LogP contribution in [0.3, 0.4) is 0 Å². The molecule has 2 aromatic rings. The molecule has 2 aliphatic heterocycles. The predicted octanol–water partition coefficient (Wildman–Crippen LogP) is 3.55. The van der Waals surface area contributed by atoms with Gasteiger partial charge in [0.1, 0.15) is 5.75 Å². The van der Waals surface area contributed by atoms with E-state index in [1.165, 1.54) is 0 Å². The van der Waals surface area contributed by atoms with Gasteiger partial charge in [0, 0.05) is 31.4 Å². The molecular formula is C27H33ClN4O5. The minimum atomic E-state index is -0.357. The number of nitrogens with zero attached hydrogens (tertiary/aromatic N) is 3. The number of para-hydroxylation sites is 1. The fourth-order valence-electron chi connectivity index (χ4n) is 4.70. The lowest BCUT2D eigenvalue weighted by Crippen LogP contribution is -2.53. The largest absolute Gasteiger partial charge is 0.494 e. The summed E-state index contributed by atoms with van der Waals surface area (Å²) in [6.45, 7) is 8.14. The van der Waals surface area contributed by atoms with E-state index in [0.717, 1.165) is 11.3 Å². The molecule has 37 heavy (non-hydrogen) atoms. The van der Waals surface area contributed by atoms with Crippen LogP contribution in [-0.2, 0) is 16.1 Å². The molecule has 4 rings (SSSR count). The smallest absolute Gasteiger partial charge is 0.318 e. The number of halogens is 1. The Balaban J connectivity index is 1.51. The number of urea groups is 1. The molecule has 1 saturated heterocycles. The second-order valence-corrected chi connectivity index (χ2v) is 9.67. The number of carbonyl (C=O) groups excluding carboxylic acids is 3. The van der Waals surface area contributed by atoms with Crippen molar-refractivity contribution in [3.05, 3.63) is 58.6 Å². The van der Waals surface area contributed by atoms with Gasteiger partial charge in [-0.05, 0) is 50.6 Å². The van der Waals surface area contributed by atoms with Crippen molar-refractivity contribution in [3.8, 4) is 5.75 Å². The number of hydrogen-bond donors (Lipinski definition) is 1. The Morgan fingerprint density at radius 2 is 1.89 bits per heavy atom. The summed E-state index contributed by atoms with van der Waals surface area (Å²) in [7, 11) is 0. The lowest BCUT2D eigenvalue weighted by molar-refractivity contribution is -0.137. The van der Waals surface area contributed by atoms with Gasteiger partial charge in [-0.15, -0.1) is 0 Å². The van der Waals surface area contributed by atoms with Crippen LogP contribution in [0, 0.1) is 0 Å². The van der Waals surface area contributed by atoms with Crippen LogP contribution in [0.4, 0.5) is 10.5 Å². The monoisotopic (exact) mass is 528 g/mol. The van der Waals surface area contributed by atoms with E-state index in [-0.39, 0.29) is 43.0 Å². The van der Waals surface area contributed by atoms with Crippen molar-refractivity contribution in [3.63, 3.8) is 0 Å². The first-order valence-corrected chi connectivity index (χ1v) is 12.9. The van der Waals surface area contributed by atoms with Gasteiger partial charge in [-0.2, -0.15) is 0 Å². The van der Waals surface area contributed by atoms with Crippen LogP contribution < -0.4 is 15.0 Å². The third kappa shape index (κ3) is 5.99. The van der Waals surface area contributed by atoms with Crippen LogP contribution in [0.2, 0.25) is 5.02 Å². The Labute approximate surface area is 222 Å². The van der Waals surface area contributed by atoms with E-state index in [0.29, 0.717) is 49.2 Å². The summed E-state index contributed by atoms with van der Waals surface area (Å²) in [6.07, 6.45) is 0. The zero-order valence-corrected chi connectivity index (χ0v) is 22.2. The van der Waals surface area contributed by atoms with E-state index in [1.807, 2.05) is 45.0 Å². The first-order valence-electron chi connectivity index (χ1n) is 12.5. The van der Waals surface area contributed by atoms with Crippen molar-refractivity contribution in [1.82, 2.24) is 15.1 Å². The normalized spacial score (nSPS) is 19.6. The van der Waals surface area contributed by atoms with Crippen molar-refractivity contribution in [2.75, 3.05) is 44.4 Å². The van der Waals surface area contributed by atoms with Crippen LogP contribution in [-0.4, -0.2) is 79.2 Å². The second kappa shape index (κ2) is 11.8. The van der Waals surface area contributed by atoms with Gasteiger partial charge >= 0.3 is 6.03 Å². The average molecular weight is 529 g/mol. The Bertz CT molecular complexity index is 1160. The van der Waals surface area contributed by atoms with E-state index in [1.54, 1.807) is 32.9 Å². The molecule has 2 atom stereocenters. The lowest BCUT2D eigenvalue weighted by Gasteiger charge is -2.34. The predicted molar refractivity (Wildman–Crippen MR) is 141 cm³/mol. The van der Waals surface area contributed by atoms with Gasteiger partial charge in [0.15, 0.2) is 0 Å². The van der Waals surface area contributed by atoms with Crippen molar-refractivity contribution >= 4 is 35.1 Å². The summed E-state index contributed by atoms with van der Waals surface area (Å²) in [5.74, 6) is 0.192. The highest BCUT2D eigenvalue weighted by atomic mass is 35.5. The Morgan fingerprint density at radius 1 is 1.11 bits per heavy atom. The molecule has 0 radical (unpaired) electrons. The number of fused-ring (bicyclic) bond motifs is 1. The van der Waals surface area contributed by atoms with E-state index in [4.69, 9.17) is 21.1 Å². The summed E-state index contributed by atoms with van der Waals surface area (Å²) in [5.41, 5.74) is 1.90. The van der Waals surface area contributed by atoms with Gasteiger partial charge in [0.2, 0.25) is 5.91 Å². The number of amides is 4. The van der Waals surface area contributed by atoms with E-state index in [2.05, 4.69) is 5.32 Å². The molecule has 0 aliphatic carbocycles. The molecule has 198 valence electrons. The van der Waals surface area contributed by atoms with E-state index < -0.39 is 0 Å². The number of anilines is 1.